The van der Waals surface area contributed by atoms with E-state index in [1.54, 1.807) is 12.4 Å². The molecule has 1 aliphatic heterocycles. The molecular weight excluding hydrogens is 300 g/mol. The molecule has 1 saturated heterocycles. The molecule has 6 nitrogen and oxygen atoms in total. The summed E-state index contributed by atoms with van der Waals surface area (Å²) in [5.41, 5.74) is 1.13. The number of aryl methyl sites for hydroxylation is 1. The van der Waals surface area contributed by atoms with Crippen LogP contribution in [0, 0.1) is 18.8 Å². The second kappa shape index (κ2) is 6.43. The number of hydrogen-bond acceptors (Lipinski definition) is 6. The first-order valence-electron chi connectivity index (χ1n) is 8.70. The first kappa shape index (κ1) is 15.4. The molecule has 3 atom stereocenters. The zero-order valence-electron chi connectivity index (χ0n) is 14.3. The summed E-state index contributed by atoms with van der Waals surface area (Å²) < 4.78 is 0. The summed E-state index contributed by atoms with van der Waals surface area (Å²) in [7, 11) is 2.16. The Morgan fingerprint density at radius 1 is 1.17 bits per heavy atom. The van der Waals surface area contributed by atoms with Crippen LogP contribution in [0.5, 0.6) is 0 Å². The van der Waals surface area contributed by atoms with E-state index in [4.69, 9.17) is 0 Å². The van der Waals surface area contributed by atoms with Crippen molar-refractivity contribution in [2.45, 2.75) is 32.4 Å². The minimum absolute atomic E-state index is 0.559. The fourth-order valence-corrected chi connectivity index (χ4v) is 4.40. The van der Waals surface area contributed by atoms with E-state index in [9.17, 15) is 0 Å². The van der Waals surface area contributed by atoms with Gasteiger partial charge in [-0.25, -0.2) is 15.0 Å². The number of hydrogen-bond donors (Lipinski definition) is 0. The van der Waals surface area contributed by atoms with E-state index >= 15 is 0 Å². The minimum atomic E-state index is 0.559. The van der Waals surface area contributed by atoms with Crippen molar-refractivity contribution in [2.75, 3.05) is 25.0 Å². The third-order valence-corrected chi connectivity index (χ3v) is 5.52. The van der Waals surface area contributed by atoms with Gasteiger partial charge in [-0.1, -0.05) is 0 Å². The lowest BCUT2D eigenvalue weighted by Crippen LogP contribution is -2.38. The van der Waals surface area contributed by atoms with Crippen LogP contribution in [-0.2, 0) is 6.54 Å². The van der Waals surface area contributed by atoms with Crippen LogP contribution in [0.2, 0.25) is 0 Å². The molecule has 0 bridgehead atoms. The van der Waals surface area contributed by atoms with Gasteiger partial charge in [-0.15, -0.1) is 0 Å². The highest BCUT2D eigenvalue weighted by molar-refractivity contribution is 5.36. The van der Waals surface area contributed by atoms with E-state index < -0.39 is 0 Å². The Bertz CT molecular complexity index is 691. The molecule has 0 radical (unpaired) electrons. The first-order valence-corrected chi connectivity index (χ1v) is 8.70. The van der Waals surface area contributed by atoms with Crippen molar-refractivity contribution in [1.82, 2.24) is 24.8 Å². The first-order chi connectivity index (χ1) is 11.7. The van der Waals surface area contributed by atoms with E-state index in [1.807, 2.05) is 25.4 Å². The SMILES string of the molecule is Cc1nccc(CN2C[C@H]3CC[C@@H](N(C)c4cnccn4)[C@H]3C2)n1. The summed E-state index contributed by atoms with van der Waals surface area (Å²) in [5.74, 6) is 3.33. The summed E-state index contributed by atoms with van der Waals surface area (Å²) in [6, 6.07) is 2.59. The lowest BCUT2D eigenvalue weighted by atomic mass is 9.97. The molecule has 6 heteroatoms. The van der Waals surface area contributed by atoms with Gasteiger partial charge in [0.1, 0.15) is 11.6 Å². The molecule has 24 heavy (non-hydrogen) atoms. The molecular formula is C18H24N6. The number of anilines is 1. The summed E-state index contributed by atoms with van der Waals surface area (Å²) >= 11 is 0. The van der Waals surface area contributed by atoms with E-state index in [0.29, 0.717) is 12.0 Å². The highest BCUT2D eigenvalue weighted by Gasteiger charge is 2.44. The van der Waals surface area contributed by atoms with Crippen molar-refractivity contribution in [3.63, 3.8) is 0 Å². The molecule has 0 spiro atoms. The van der Waals surface area contributed by atoms with Crippen LogP contribution >= 0.6 is 0 Å². The maximum absolute atomic E-state index is 4.55. The van der Waals surface area contributed by atoms with Crippen molar-refractivity contribution in [3.8, 4) is 0 Å². The highest BCUT2D eigenvalue weighted by Crippen LogP contribution is 2.41. The van der Waals surface area contributed by atoms with Gasteiger partial charge < -0.3 is 4.90 Å². The van der Waals surface area contributed by atoms with Gasteiger partial charge >= 0.3 is 0 Å². The zero-order valence-corrected chi connectivity index (χ0v) is 14.3. The van der Waals surface area contributed by atoms with Crippen LogP contribution in [-0.4, -0.2) is 51.0 Å². The van der Waals surface area contributed by atoms with Gasteiger partial charge in [0.2, 0.25) is 0 Å². The molecule has 2 aliphatic rings. The number of aromatic nitrogens is 4. The molecule has 4 rings (SSSR count). The quantitative estimate of drug-likeness (QED) is 0.856. The van der Waals surface area contributed by atoms with Gasteiger partial charge in [0.25, 0.3) is 0 Å². The van der Waals surface area contributed by atoms with Gasteiger partial charge in [0.05, 0.1) is 11.9 Å². The van der Waals surface area contributed by atoms with Crippen LogP contribution in [0.4, 0.5) is 5.82 Å². The molecule has 0 N–H and O–H groups in total. The van der Waals surface area contributed by atoms with Crippen molar-refractivity contribution in [1.29, 1.82) is 0 Å². The molecule has 0 unspecified atom stereocenters. The van der Waals surface area contributed by atoms with E-state index in [2.05, 4.69) is 36.8 Å². The molecule has 2 aromatic rings. The van der Waals surface area contributed by atoms with E-state index in [-0.39, 0.29) is 0 Å². The van der Waals surface area contributed by atoms with Crippen LogP contribution in [0.25, 0.3) is 0 Å². The van der Waals surface area contributed by atoms with Gasteiger partial charge in [0, 0.05) is 51.3 Å². The summed E-state index contributed by atoms with van der Waals surface area (Å²) in [5, 5.41) is 0. The normalized spacial score (nSPS) is 26.5. The van der Waals surface area contributed by atoms with Gasteiger partial charge in [-0.2, -0.15) is 0 Å². The fraction of sp³-hybridized carbons (Fsp3) is 0.556. The predicted molar refractivity (Wildman–Crippen MR) is 92.5 cm³/mol. The standard InChI is InChI=1S/C18H24N6/c1-13-20-6-5-15(22-13)11-24-10-14-3-4-17(16(14)12-24)23(2)18-9-19-7-8-21-18/h5-9,14,16-17H,3-4,10-12H2,1-2H3/t14-,16+,17-/m1/s1. The Hall–Kier alpha value is -2.08. The number of fused-ring (bicyclic) bond motifs is 1. The average molecular weight is 324 g/mol. The second-order valence-electron chi connectivity index (χ2n) is 7.03. The lowest BCUT2D eigenvalue weighted by Gasteiger charge is -2.30. The van der Waals surface area contributed by atoms with E-state index in [0.717, 1.165) is 36.3 Å². The smallest absolute Gasteiger partial charge is 0.147 e. The average Bonchev–Trinajstić information content (AvgIpc) is 3.15. The summed E-state index contributed by atoms with van der Waals surface area (Å²) in [4.78, 5) is 22.3. The van der Waals surface area contributed by atoms with Gasteiger partial charge in [-0.3, -0.25) is 9.88 Å². The number of rotatable bonds is 4. The topological polar surface area (TPSA) is 58.0 Å². The van der Waals surface area contributed by atoms with Crippen LogP contribution in [0.3, 0.4) is 0 Å². The Kier molecular flexibility index (Phi) is 4.14. The van der Waals surface area contributed by atoms with Gasteiger partial charge in [-0.05, 0) is 37.7 Å². The molecule has 126 valence electrons. The fourth-order valence-electron chi connectivity index (χ4n) is 4.40. The Morgan fingerprint density at radius 2 is 2.08 bits per heavy atom. The largest absolute Gasteiger partial charge is 0.355 e. The van der Waals surface area contributed by atoms with E-state index in [1.165, 1.54) is 19.4 Å². The van der Waals surface area contributed by atoms with Crippen molar-refractivity contribution in [3.05, 3.63) is 42.4 Å². The third kappa shape index (κ3) is 2.98. The molecule has 1 saturated carbocycles. The molecule has 2 aromatic heterocycles. The summed E-state index contributed by atoms with van der Waals surface area (Å²) in [6.07, 6.45) is 9.79. The van der Waals surface area contributed by atoms with Crippen molar-refractivity contribution in [2.24, 2.45) is 11.8 Å². The predicted octanol–water partition coefficient (Wildman–Crippen LogP) is 1.92. The highest BCUT2D eigenvalue weighted by atomic mass is 15.2. The lowest BCUT2D eigenvalue weighted by molar-refractivity contribution is 0.293. The second-order valence-corrected chi connectivity index (χ2v) is 7.03. The Labute approximate surface area is 143 Å². The van der Waals surface area contributed by atoms with Crippen LogP contribution < -0.4 is 4.90 Å². The monoisotopic (exact) mass is 324 g/mol. The van der Waals surface area contributed by atoms with Crippen LogP contribution in [0.1, 0.15) is 24.4 Å². The summed E-state index contributed by atoms with van der Waals surface area (Å²) in [6.45, 7) is 5.20. The molecule has 1 aliphatic carbocycles. The molecule has 2 fully saturated rings. The van der Waals surface area contributed by atoms with Crippen molar-refractivity contribution < 1.29 is 0 Å². The maximum Gasteiger partial charge on any atom is 0.147 e. The van der Waals surface area contributed by atoms with Gasteiger partial charge in [0.15, 0.2) is 0 Å². The Morgan fingerprint density at radius 3 is 2.88 bits per heavy atom. The zero-order chi connectivity index (χ0) is 16.5. The minimum Gasteiger partial charge on any atom is -0.355 e. The number of likely N-dealkylation sites (tertiary alicyclic amines) is 1. The Balaban J connectivity index is 1.43. The van der Waals surface area contributed by atoms with Crippen molar-refractivity contribution >= 4 is 5.82 Å². The van der Waals surface area contributed by atoms with Crippen LogP contribution in [0.15, 0.2) is 30.9 Å². The maximum atomic E-state index is 4.55. The third-order valence-electron chi connectivity index (χ3n) is 5.52. The number of nitrogens with zero attached hydrogens (tertiary/aromatic N) is 6. The molecule has 0 amide bonds. The molecule has 0 aromatic carbocycles. The molecule has 3 heterocycles.